The van der Waals surface area contributed by atoms with Crippen LogP contribution >= 0.6 is 7.92 Å². The Morgan fingerprint density at radius 1 is 0.750 bits per heavy atom. The second kappa shape index (κ2) is 8.62. The highest BCUT2D eigenvalue weighted by Gasteiger charge is 2.40. The number of hydrogen-bond acceptors (Lipinski definition) is 0. The Morgan fingerprint density at radius 2 is 1.29 bits per heavy atom. The van der Waals surface area contributed by atoms with Gasteiger partial charge in [0.05, 0.1) is 0 Å². The van der Waals surface area contributed by atoms with E-state index in [1.54, 1.807) is 5.56 Å². The highest BCUT2D eigenvalue weighted by Crippen LogP contribution is 2.55. The van der Waals surface area contributed by atoms with Crippen LogP contribution in [0, 0.1) is 19.8 Å². The van der Waals surface area contributed by atoms with Gasteiger partial charge >= 0.3 is 0 Å². The van der Waals surface area contributed by atoms with Gasteiger partial charge in [-0.1, -0.05) is 103 Å². The molecule has 3 aromatic rings. The second-order valence-electron chi connectivity index (χ2n) is 8.29. The van der Waals surface area contributed by atoms with Crippen LogP contribution < -0.4 is 10.6 Å². The molecule has 0 spiro atoms. The lowest BCUT2D eigenvalue weighted by Crippen LogP contribution is -2.26. The molecule has 0 N–H and O–H groups in total. The molecule has 1 heteroatoms. The van der Waals surface area contributed by atoms with E-state index >= 15 is 0 Å². The maximum Gasteiger partial charge on any atom is -0.00945 e. The van der Waals surface area contributed by atoms with Crippen molar-refractivity contribution in [1.82, 2.24) is 0 Å². The largest absolute Gasteiger partial charge is 0.0651 e. The maximum absolute atomic E-state index is 2.44. The third-order valence-corrected chi connectivity index (χ3v) is 9.34. The Balaban J connectivity index is 1.73. The zero-order valence-electron chi connectivity index (χ0n) is 17.3. The summed E-state index contributed by atoms with van der Waals surface area (Å²) in [5.41, 5.74) is 5.14. The minimum Gasteiger partial charge on any atom is -0.0651 e. The Labute approximate surface area is 171 Å². The summed E-state index contributed by atoms with van der Waals surface area (Å²) in [6, 6.07) is 29.8. The van der Waals surface area contributed by atoms with Gasteiger partial charge in [0.15, 0.2) is 0 Å². The minimum absolute atomic E-state index is 0.329. The number of benzene rings is 3. The van der Waals surface area contributed by atoms with Crippen molar-refractivity contribution in [3.8, 4) is 0 Å². The SMILES string of the molecule is CCC1C(c2cc(C)cc(C)c2)CCC1P(c1ccccc1)c1ccccc1. The summed E-state index contributed by atoms with van der Waals surface area (Å²) < 4.78 is 0. The average Bonchev–Trinajstić information content (AvgIpc) is 3.13. The number of aryl methyl sites for hydroxylation is 2. The van der Waals surface area contributed by atoms with Gasteiger partial charge in [0, 0.05) is 0 Å². The van der Waals surface area contributed by atoms with Crippen molar-refractivity contribution >= 4 is 18.5 Å². The van der Waals surface area contributed by atoms with Crippen LogP contribution in [-0.4, -0.2) is 5.66 Å². The molecule has 0 amide bonds. The molecule has 3 unspecified atom stereocenters. The topological polar surface area (TPSA) is 0 Å². The Hall–Kier alpha value is -1.91. The van der Waals surface area contributed by atoms with Gasteiger partial charge in [-0.25, -0.2) is 0 Å². The fraction of sp³-hybridized carbons (Fsp3) is 0.333. The molecule has 0 aliphatic heterocycles. The molecule has 4 rings (SSSR count). The zero-order chi connectivity index (χ0) is 19.5. The maximum atomic E-state index is 2.44. The Morgan fingerprint density at radius 3 is 1.79 bits per heavy atom. The van der Waals surface area contributed by atoms with Gasteiger partial charge in [0.25, 0.3) is 0 Å². The van der Waals surface area contributed by atoms with Crippen molar-refractivity contribution in [3.63, 3.8) is 0 Å². The summed E-state index contributed by atoms with van der Waals surface area (Å²) >= 11 is 0. The summed E-state index contributed by atoms with van der Waals surface area (Å²) in [6.07, 6.45) is 3.93. The first-order valence-corrected chi connectivity index (χ1v) is 12.1. The molecular formula is C27H31P. The van der Waals surface area contributed by atoms with Crippen molar-refractivity contribution in [2.45, 2.75) is 51.6 Å². The molecule has 0 bridgehead atoms. The van der Waals surface area contributed by atoms with Gasteiger partial charge < -0.3 is 0 Å². The quantitative estimate of drug-likeness (QED) is 0.428. The summed E-state index contributed by atoms with van der Waals surface area (Å²) in [5, 5.41) is 3.07. The molecule has 144 valence electrons. The summed E-state index contributed by atoms with van der Waals surface area (Å²) in [6.45, 7) is 6.89. The standard InChI is InChI=1S/C27H31P/c1-4-25-26(22-18-20(2)17-21(3)19-22)15-16-27(25)28(23-11-7-5-8-12-23)24-13-9-6-10-14-24/h5-14,17-19,25-27H,4,15-16H2,1-3H3. The fourth-order valence-corrected chi connectivity index (χ4v) is 8.53. The van der Waals surface area contributed by atoms with Crippen LogP contribution in [0.4, 0.5) is 0 Å². The summed E-state index contributed by atoms with van der Waals surface area (Å²) in [5.74, 6) is 1.46. The first-order chi connectivity index (χ1) is 13.7. The van der Waals surface area contributed by atoms with Crippen molar-refractivity contribution in [2.24, 2.45) is 5.92 Å². The molecule has 0 radical (unpaired) electrons. The van der Waals surface area contributed by atoms with Crippen LogP contribution in [0.1, 0.15) is 48.8 Å². The lowest BCUT2D eigenvalue weighted by Gasteiger charge is -2.32. The summed E-state index contributed by atoms with van der Waals surface area (Å²) in [4.78, 5) is 0. The lowest BCUT2D eigenvalue weighted by atomic mass is 9.86. The van der Waals surface area contributed by atoms with Gasteiger partial charge in [-0.2, -0.15) is 0 Å². The predicted octanol–water partition coefficient (Wildman–Crippen LogP) is 6.71. The first-order valence-electron chi connectivity index (χ1n) is 10.6. The van der Waals surface area contributed by atoms with E-state index in [1.165, 1.54) is 41.0 Å². The van der Waals surface area contributed by atoms with E-state index in [0.717, 1.165) is 11.6 Å². The third-order valence-electron chi connectivity index (χ3n) is 6.33. The van der Waals surface area contributed by atoms with E-state index in [1.807, 2.05) is 0 Å². The van der Waals surface area contributed by atoms with Gasteiger partial charge in [-0.3, -0.25) is 0 Å². The zero-order valence-corrected chi connectivity index (χ0v) is 18.2. The van der Waals surface area contributed by atoms with Crippen LogP contribution in [0.15, 0.2) is 78.9 Å². The van der Waals surface area contributed by atoms with E-state index in [-0.39, 0.29) is 7.92 Å². The molecule has 1 fully saturated rings. The molecule has 1 saturated carbocycles. The normalized spacial score (nSPS) is 21.9. The van der Waals surface area contributed by atoms with Crippen molar-refractivity contribution in [2.75, 3.05) is 0 Å². The second-order valence-corrected chi connectivity index (χ2v) is 10.7. The average molecular weight is 387 g/mol. The minimum atomic E-state index is -0.329. The molecule has 3 atom stereocenters. The number of rotatable bonds is 5. The molecule has 1 aliphatic carbocycles. The number of hydrogen-bond donors (Lipinski definition) is 0. The van der Waals surface area contributed by atoms with Crippen LogP contribution in [0.3, 0.4) is 0 Å². The van der Waals surface area contributed by atoms with E-state index in [0.29, 0.717) is 5.92 Å². The monoisotopic (exact) mass is 386 g/mol. The van der Waals surface area contributed by atoms with E-state index in [9.17, 15) is 0 Å². The van der Waals surface area contributed by atoms with Gasteiger partial charge in [-0.05, 0) is 68.3 Å². The lowest BCUT2D eigenvalue weighted by molar-refractivity contribution is 0.475. The van der Waals surface area contributed by atoms with Crippen molar-refractivity contribution < 1.29 is 0 Å². The molecule has 3 aromatic carbocycles. The highest BCUT2D eigenvalue weighted by molar-refractivity contribution is 7.73. The van der Waals surface area contributed by atoms with Crippen molar-refractivity contribution in [1.29, 1.82) is 0 Å². The molecule has 0 saturated heterocycles. The van der Waals surface area contributed by atoms with Gasteiger partial charge in [0.1, 0.15) is 0 Å². The van der Waals surface area contributed by atoms with Gasteiger partial charge in [-0.15, -0.1) is 0 Å². The third kappa shape index (κ3) is 3.94. The molecule has 28 heavy (non-hydrogen) atoms. The Bertz CT molecular complexity index is 840. The molecule has 0 heterocycles. The van der Waals surface area contributed by atoms with Gasteiger partial charge in [0.2, 0.25) is 0 Å². The molecule has 0 nitrogen and oxygen atoms in total. The Kier molecular flexibility index (Phi) is 5.98. The molecular weight excluding hydrogens is 355 g/mol. The highest BCUT2D eigenvalue weighted by atomic mass is 31.1. The van der Waals surface area contributed by atoms with Crippen molar-refractivity contribution in [3.05, 3.63) is 95.6 Å². The van der Waals surface area contributed by atoms with Crippen LogP contribution in [0.2, 0.25) is 0 Å². The smallest absolute Gasteiger partial charge is 0.00945 e. The first kappa shape index (κ1) is 19.4. The van der Waals surface area contributed by atoms with E-state index in [2.05, 4.69) is 99.6 Å². The van der Waals surface area contributed by atoms with Crippen LogP contribution in [-0.2, 0) is 0 Å². The molecule has 0 aromatic heterocycles. The van der Waals surface area contributed by atoms with Crippen LogP contribution in [0.25, 0.3) is 0 Å². The predicted molar refractivity (Wildman–Crippen MR) is 125 cm³/mol. The van der Waals surface area contributed by atoms with E-state index < -0.39 is 0 Å². The van der Waals surface area contributed by atoms with Crippen LogP contribution in [0.5, 0.6) is 0 Å². The summed E-state index contributed by atoms with van der Waals surface area (Å²) in [7, 11) is -0.329. The molecule has 1 aliphatic rings. The fourth-order valence-electron chi connectivity index (χ4n) is 5.27. The van der Waals surface area contributed by atoms with E-state index in [4.69, 9.17) is 0 Å².